The van der Waals surface area contributed by atoms with Crippen LogP contribution in [0.5, 0.6) is 0 Å². The first kappa shape index (κ1) is 13.9. The number of nitrogens with zero attached hydrogens (tertiary/aromatic N) is 1. The molecule has 0 amide bonds. The number of halogens is 1. The van der Waals surface area contributed by atoms with Crippen LogP contribution in [0.15, 0.2) is 23.1 Å². The Morgan fingerprint density at radius 1 is 1.47 bits per heavy atom. The van der Waals surface area contributed by atoms with E-state index in [-0.39, 0.29) is 11.2 Å². The molecule has 0 radical (unpaired) electrons. The van der Waals surface area contributed by atoms with Crippen molar-refractivity contribution in [2.45, 2.75) is 31.6 Å². The van der Waals surface area contributed by atoms with E-state index in [1.807, 2.05) is 13.8 Å². The van der Waals surface area contributed by atoms with E-state index < -0.39 is 0 Å². The van der Waals surface area contributed by atoms with Gasteiger partial charge < -0.3 is 5.73 Å². The van der Waals surface area contributed by atoms with E-state index in [2.05, 4.69) is 6.07 Å². The largest absolute Gasteiger partial charge is 0.399 e. The summed E-state index contributed by atoms with van der Waals surface area (Å²) in [5, 5.41) is 8.85. The van der Waals surface area contributed by atoms with Gasteiger partial charge in [0.25, 0.3) is 0 Å². The van der Waals surface area contributed by atoms with Gasteiger partial charge in [0.15, 0.2) is 0 Å². The van der Waals surface area contributed by atoms with Crippen LogP contribution in [0.3, 0.4) is 0 Å². The first-order valence-corrected chi connectivity index (χ1v) is 6.52. The molecule has 0 fully saturated rings. The minimum atomic E-state index is -0.291. The van der Waals surface area contributed by atoms with Crippen LogP contribution in [0.25, 0.3) is 0 Å². The molecule has 17 heavy (non-hydrogen) atoms. The van der Waals surface area contributed by atoms with Crippen LogP contribution in [-0.4, -0.2) is 5.75 Å². The van der Waals surface area contributed by atoms with Crippen molar-refractivity contribution < 1.29 is 4.39 Å². The van der Waals surface area contributed by atoms with Crippen molar-refractivity contribution >= 4 is 17.4 Å². The molecule has 1 aromatic rings. The molecule has 0 heterocycles. The lowest BCUT2D eigenvalue weighted by Crippen LogP contribution is -2.07. The quantitative estimate of drug-likeness (QED) is 0.492. The van der Waals surface area contributed by atoms with Gasteiger partial charge in [-0.3, -0.25) is 0 Å². The minimum absolute atomic E-state index is 0.269. The molecule has 1 rings (SSSR count). The number of rotatable bonds is 5. The summed E-state index contributed by atoms with van der Waals surface area (Å²) in [7, 11) is 0. The molecular weight excluding hydrogens is 235 g/mol. The van der Waals surface area contributed by atoms with Crippen LogP contribution in [0.4, 0.5) is 10.1 Å². The average molecular weight is 252 g/mol. The number of thioether (sulfide) groups is 1. The van der Waals surface area contributed by atoms with E-state index in [9.17, 15) is 4.39 Å². The van der Waals surface area contributed by atoms with E-state index in [1.54, 1.807) is 12.1 Å². The van der Waals surface area contributed by atoms with Gasteiger partial charge >= 0.3 is 0 Å². The van der Waals surface area contributed by atoms with Gasteiger partial charge in [0.1, 0.15) is 5.82 Å². The van der Waals surface area contributed by atoms with Crippen LogP contribution in [0, 0.1) is 22.6 Å². The molecule has 0 aromatic heterocycles. The lowest BCUT2D eigenvalue weighted by atomic mass is 9.90. The van der Waals surface area contributed by atoms with Gasteiger partial charge in [-0.05, 0) is 50.6 Å². The maximum Gasteiger partial charge on any atom is 0.138 e. The predicted octanol–water partition coefficient (Wildman–Crippen LogP) is 3.83. The van der Waals surface area contributed by atoms with E-state index in [0.717, 1.165) is 18.6 Å². The highest BCUT2D eigenvalue weighted by atomic mass is 32.2. The molecule has 0 aliphatic heterocycles. The Hall–Kier alpha value is -1.21. The minimum Gasteiger partial charge on any atom is -0.399 e. The number of nitrogens with two attached hydrogens (primary N) is 1. The standard InChI is InChI=1S/C13H17FN2S/c1-13(2,9-15)6-3-7-17-12-5-4-10(16)8-11(12)14/h4-5,8H,3,6-7,16H2,1-2H3. The number of hydrogen-bond acceptors (Lipinski definition) is 3. The van der Waals surface area contributed by atoms with Crippen molar-refractivity contribution in [3.63, 3.8) is 0 Å². The Morgan fingerprint density at radius 2 is 2.18 bits per heavy atom. The van der Waals surface area contributed by atoms with Gasteiger partial charge in [0.05, 0.1) is 11.5 Å². The van der Waals surface area contributed by atoms with Crippen LogP contribution in [-0.2, 0) is 0 Å². The monoisotopic (exact) mass is 252 g/mol. The molecule has 0 spiro atoms. The Bertz CT molecular complexity index is 424. The van der Waals surface area contributed by atoms with E-state index in [0.29, 0.717) is 10.6 Å². The number of anilines is 1. The number of nitrogen functional groups attached to an aromatic ring is 1. The summed E-state index contributed by atoms with van der Waals surface area (Å²) >= 11 is 1.47. The lowest BCUT2D eigenvalue weighted by molar-refractivity contribution is 0.447. The van der Waals surface area contributed by atoms with Crippen LogP contribution in [0.1, 0.15) is 26.7 Å². The highest BCUT2D eigenvalue weighted by Gasteiger charge is 2.15. The second-order valence-corrected chi connectivity index (χ2v) is 5.77. The SMILES string of the molecule is CC(C)(C#N)CCCSc1ccc(N)cc1F. The summed E-state index contributed by atoms with van der Waals surface area (Å²) < 4.78 is 13.4. The number of nitriles is 1. The number of hydrogen-bond donors (Lipinski definition) is 1. The van der Waals surface area contributed by atoms with Gasteiger partial charge in [0, 0.05) is 10.6 Å². The molecular formula is C13H17FN2S. The molecule has 0 saturated carbocycles. The maximum atomic E-state index is 13.4. The molecule has 92 valence electrons. The molecule has 0 atom stereocenters. The van der Waals surface area contributed by atoms with Gasteiger partial charge in [-0.1, -0.05) is 0 Å². The molecule has 0 saturated heterocycles. The molecule has 1 aromatic carbocycles. The van der Waals surface area contributed by atoms with Crippen LogP contribution < -0.4 is 5.73 Å². The molecule has 0 unspecified atom stereocenters. The highest BCUT2D eigenvalue weighted by molar-refractivity contribution is 7.99. The fourth-order valence-corrected chi connectivity index (χ4v) is 2.26. The van der Waals surface area contributed by atoms with Crippen LogP contribution in [0.2, 0.25) is 0 Å². The first-order chi connectivity index (χ1) is 7.94. The van der Waals surface area contributed by atoms with E-state index in [4.69, 9.17) is 11.0 Å². The predicted molar refractivity (Wildman–Crippen MR) is 70.2 cm³/mol. The molecule has 0 aliphatic rings. The summed E-state index contributed by atoms with van der Waals surface area (Å²) in [6.45, 7) is 3.84. The zero-order valence-electron chi connectivity index (χ0n) is 10.2. The molecule has 0 bridgehead atoms. The third-order valence-corrected chi connectivity index (χ3v) is 3.60. The van der Waals surface area contributed by atoms with Crippen molar-refractivity contribution in [1.29, 1.82) is 5.26 Å². The van der Waals surface area contributed by atoms with Crippen LogP contribution >= 0.6 is 11.8 Å². The fourth-order valence-electron chi connectivity index (χ4n) is 1.39. The van der Waals surface area contributed by atoms with Gasteiger partial charge in [-0.15, -0.1) is 11.8 Å². The van der Waals surface area contributed by atoms with E-state index in [1.165, 1.54) is 17.8 Å². The van der Waals surface area contributed by atoms with Gasteiger partial charge in [-0.2, -0.15) is 5.26 Å². The second kappa shape index (κ2) is 5.92. The molecule has 0 aliphatic carbocycles. The van der Waals surface area contributed by atoms with Crippen molar-refractivity contribution in [1.82, 2.24) is 0 Å². The summed E-state index contributed by atoms with van der Waals surface area (Å²) in [6.07, 6.45) is 1.72. The average Bonchev–Trinajstić information content (AvgIpc) is 2.27. The summed E-state index contributed by atoms with van der Waals surface area (Å²) in [6, 6.07) is 6.99. The zero-order valence-corrected chi connectivity index (χ0v) is 11.0. The van der Waals surface area contributed by atoms with Crippen molar-refractivity contribution in [2.75, 3.05) is 11.5 Å². The van der Waals surface area contributed by atoms with Crippen molar-refractivity contribution in [3.05, 3.63) is 24.0 Å². The van der Waals surface area contributed by atoms with Gasteiger partial charge in [0.2, 0.25) is 0 Å². The van der Waals surface area contributed by atoms with Crippen molar-refractivity contribution in [2.24, 2.45) is 5.41 Å². The fraction of sp³-hybridized carbons (Fsp3) is 0.462. The van der Waals surface area contributed by atoms with E-state index >= 15 is 0 Å². The van der Waals surface area contributed by atoms with Gasteiger partial charge in [-0.25, -0.2) is 4.39 Å². The topological polar surface area (TPSA) is 49.8 Å². The Balaban J connectivity index is 2.39. The Kier molecular flexibility index (Phi) is 4.83. The van der Waals surface area contributed by atoms with Crippen molar-refractivity contribution in [3.8, 4) is 6.07 Å². The smallest absolute Gasteiger partial charge is 0.138 e. The molecule has 2 N–H and O–H groups in total. The first-order valence-electron chi connectivity index (χ1n) is 5.54. The summed E-state index contributed by atoms with van der Waals surface area (Å²) in [5.41, 5.74) is 5.62. The number of benzene rings is 1. The lowest BCUT2D eigenvalue weighted by Gasteiger charge is -2.14. The Labute approximate surface area is 106 Å². The maximum absolute atomic E-state index is 13.4. The third-order valence-electron chi connectivity index (χ3n) is 2.46. The zero-order chi connectivity index (χ0) is 12.9. The highest BCUT2D eigenvalue weighted by Crippen LogP contribution is 2.27. The molecule has 4 heteroatoms. The summed E-state index contributed by atoms with van der Waals surface area (Å²) in [5.74, 6) is 0.543. The molecule has 2 nitrogen and oxygen atoms in total. The summed E-state index contributed by atoms with van der Waals surface area (Å²) in [4.78, 5) is 0.619. The normalized spacial score (nSPS) is 11.2. The third kappa shape index (κ3) is 4.66. The second-order valence-electron chi connectivity index (χ2n) is 4.64. The Morgan fingerprint density at radius 3 is 2.76 bits per heavy atom.